The Kier molecular flexibility index (Phi) is 4.33. The van der Waals surface area contributed by atoms with Crippen LogP contribution in [-0.4, -0.2) is 32.8 Å². The van der Waals surface area contributed by atoms with E-state index in [1.807, 2.05) is 0 Å². The van der Waals surface area contributed by atoms with E-state index in [0.717, 1.165) is 12.5 Å². The van der Waals surface area contributed by atoms with Gasteiger partial charge < -0.3 is 0 Å². The molecule has 0 spiro atoms. The zero-order chi connectivity index (χ0) is 14.8. The van der Waals surface area contributed by atoms with Crippen molar-refractivity contribution in [2.45, 2.75) is 18.7 Å². The molecule has 106 valence electrons. The van der Waals surface area contributed by atoms with E-state index in [1.54, 1.807) is 12.3 Å². The molecule has 0 aliphatic heterocycles. The molecule has 0 unspecified atom stereocenters. The normalized spacial score (nSPS) is 12.4. The van der Waals surface area contributed by atoms with Crippen LogP contribution >= 0.6 is 0 Å². The smallest absolute Gasteiger partial charge is 0.273 e. The van der Waals surface area contributed by atoms with Crippen molar-refractivity contribution in [3.05, 3.63) is 29.8 Å². The van der Waals surface area contributed by atoms with E-state index in [1.165, 1.54) is 24.3 Å². The molecule has 1 amide bonds. The van der Waals surface area contributed by atoms with E-state index >= 15 is 0 Å². The van der Waals surface area contributed by atoms with Gasteiger partial charge in [0.15, 0.2) is 0 Å². The van der Waals surface area contributed by atoms with E-state index in [4.69, 9.17) is 0 Å². The number of nitrogens with zero attached hydrogens (tertiary/aromatic N) is 1. The van der Waals surface area contributed by atoms with Gasteiger partial charge in [-0.3, -0.25) is 10.2 Å². The van der Waals surface area contributed by atoms with Crippen LogP contribution in [0.25, 0.3) is 0 Å². The fourth-order valence-electron chi connectivity index (χ4n) is 1.26. The molecule has 0 saturated heterocycles. The van der Waals surface area contributed by atoms with Gasteiger partial charge in [0.25, 0.3) is 10.0 Å². The third-order valence-corrected chi connectivity index (χ3v) is 5.58. The van der Waals surface area contributed by atoms with Crippen LogP contribution in [0.1, 0.15) is 12.5 Å². The van der Waals surface area contributed by atoms with Crippen LogP contribution in [-0.2, 0) is 24.8 Å². The molecule has 0 saturated carbocycles. The van der Waals surface area contributed by atoms with Gasteiger partial charge in [-0.15, -0.1) is 0 Å². The van der Waals surface area contributed by atoms with Crippen molar-refractivity contribution >= 4 is 26.0 Å². The third-order valence-electron chi connectivity index (χ3n) is 2.09. The van der Waals surface area contributed by atoms with Crippen molar-refractivity contribution < 1.29 is 21.6 Å². The lowest BCUT2D eigenvalue weighted by atomic mass is 10.2. The summed E-state index contributed by atoms with van der Waals surface area (Å²) < 4.78 is 47.3. The van der Waals surface area contributed by atoms with Gasteiger partial charge in [-0.25, -0.2) is 16.8 Å². The Morgan fingerprint density at radius 2 is 1.58 bits per heavy atom. The molecule has 0 radical (unpaired) electrons. The van der Waals surface area contributed by atoms with Crippen LogP contribution in [0, 0.1) is 6.92 Å². The second-order valence-electron chi connectivity index (χ2n) is 3.95. The number of nitrogens with one attached hydrogen (secondary N) is 1. The number of benzene rings is 1. The Morgan fingerprint density at radius 1 is 1.11 bits per heavy atom. The first-order valence-corrected chi connectivity index (χ1v) is 8.43. The van der Waals surface area contributed by atoms with Crippen molar-refractivity contribution in [2.75, 3.05) is 6.26 Å². The Balaban J connectivity index is 3.36. The van der Waals surface area contributed by atoms with Crippen LogP contribution in [0.4, 0.5) is 0 Å². The number of hydrazine groups is 1. The van der Waals surface area contributed by atoms with Crippen LogP contribution < -0.4 is 5.43 Å². The van der Waals surface area contributed by atoms with Crippen LogP contribution in [0.15, 0.2) is 29.2 Å². The predicted molar refractivity (Wildman–Crippen MR) is 68.9 cm³/mol. The molecular formula is C10H14N2O5S2. The van der Waals surface area contributed by atoms with Gasteiger partial charge in [0.05, 0.1) is 11.2 Å². The maximum Gasteiger partial charge on any atom is 0.273 e. The lowest BCUT2D eigenvalue weighted by molar-refractivity contribution is -0.120. The highest BCUT2D eigenvalue weighted by Gasteiger charge is 2.33. The summed E-state index contributed by atoms with van der Waals surface area (Å²) in [6.07, 6.45) is 0.689. The molecule has 0 fully saturated rings. The molecule has 0 bridgehead atoms. The average Bonchev–Trinajstić information content (AvgIpc) is 2.24. The summed E-state index contributed by atoms with van der Waals surface area (Å²) in [7, 11) is -8.52. The molecule has 0 aliphatic carbocycles. The van der Waals surface area contributed by atoms with Crippen molar-refractivity contribution in [3.8, 4) is 0 Å². The van der Waals surface area contributed by atoms with Gasteiger partial charge in [0.2, 0.25) is 15.9 Å². The first-order valence-electron chi connectivity index (χ1n) is 5.14. The minimum atomic E-state index is -4.36. The summed E-state index contributed by atoms with van der Waals surface area (Å²) in [5.74, 6) is -0.805. The Bertz CT molecular complexity index is 677. The molecule has 7 nitrogen and oxygen atoms in total. The number of rotatable bonds is 4. The number of carbonyl (C=O) groups is 1. The Labute approximate surface area is 112 Å². The van der Waals surface area contributed by atoms with Crippen LogP contribution in [0.2, 0.25) is 0 Å². The maximum atomic E-state index is 12.2. The molecule has 1 rings (SSSR count). The molecule has 1 aromatic carbocycles. The van der Waals surface area contributed by atoms with Gasteiger partial charge in [-0.05, 0) is 19.1 Å². The topological polar surface area (TPSA) is 101 Å². The first kappa shape index (κ1) is 15.6. The monoisotopic (exact) mass is 306 g/mol. The molecule has 0 atom stereocenters. The summed E-state index contributed by atoms with van der Waals surface area (Å²) >= 11 is 0. The van der Waals surface area contributed by atoms with Crippen molar-refractivity contribution in [3.63, 3.8) is 0 Å². The number of sulfonamides is 2. The summed E-state index contributed by atoms with van der Waals surface area (Å²) in [6, 6.07) is 5.59. The standard InChI is InChI=1S/C10H14N2O5S2/c1-8-4-6-10(7-5-8)19(16,17)12(11-9(2)13)18(3,14)15/h4-7H,1-3H3,(H,11,13). The number of hydrogen-bond acceptors (Lipinski definition) is 5. The maximum absolute atomic E-state index is 12.2. The molecular weight excluding hydrogens is 292 g/mol. The van der Waals surface area contributed by atoms with Crippen molar-refractivity contribution in [1.82, 2.24) is 9.25 Å². The number of carbonyl (C=O) groups excluding carboxylic acids is 1. The van der Waals surface area contributed by atoms with Crippen LogP contribution in [0.5, 0.6) is 0 Å². The SMILES string of the molecule is CC(=O)NN(S(C)(=O)=O)S(=O)(=O)c1ccc(C)cc1. The second-order valence-corrected chi connectivity index (χ2v) is 7.80. The average molecular weight is 306 g/mol. The van der Waals surface area contributed by atoms with E-state index < -0.39 is 26.0 Å². The summed E-state index contributed by atoms with van der Waals surface area (Å²) in [5.41, 5.74) is 2.62. The van der Waals surface area contributed by atoms with Gasteiger partial charge in [0, 0.05) is 10.7 Å². The minimum Gasteiger partial charge on any atom is -0.274 e. The Hall–Kier alpha value is -1.45. The van der Waals surface area contributed by atoms with Gasteiger partial charge in [0.1, 0.15) is 0 Å². The molecule has 0 aliphatic rings. The zero-order valence-corrected chi connectivity index (χ0v) is 12.2. The lowest BCUT2D eigenvalue weighted by Crippen LogP contribution is -2.48. The van der Waals surface area contributed by atoms with Gasteiger partial charge >= 0.3 is 0 Å². The number of aryl methyl sites for hydroxylation is 1. The number of hydrogen-bond donors (Lipinski definition) is 1. The molecule has 9 heteroatoms. The number of amides is 1. The third kappa shape index (κ3) is 3.75. The first-order chi connectivity index (χ1) is 8.55. The lowest BCUT2D eigenvalue weighted by Gasteiger charge is -2.19. The quantitative estimate of drug-likeness (QED) is 0.789. The van der Waals surface area contributed by atoms with E-state index in [-0.39, 0.29) is 8.72 Å². The summed E-state index contributed by atoms with van der Waals surface area (Å²) in [5, 5.41) is 0. The summed E-state index contributed by atoms with van der Waals surface area (Å²) in [6.45, 7) is 2.78. The fraction of sp³-hybridized carbons (Fsp3) is 0.300. The zero-order valence-electron chi connectivity index (χ0n) is 10.6. The molecule has 0 heterocycles. The molecule has 1 N–H and O–H groups in total. The minimum absolute atomic E-state index is 0.0347. The van der Waals surface area contributed by atoms with Gasteiger partial charge in [-0.1, -0.05) is 17.7 Å². The van der Waals surface area contributed by atoms with Crippen LogP contribution in [0.3, 0.4) is 0 Å². The second kappa shape index (κ2) is 5.27. The molecule has 0 aromatic heterocycles. The molecule has 19 heavy (non-hydrogen) atoms. The van der Waals surface area contributed by atoms with Gasteiger partial charge in [-0.2, -0.15) is 0 Å². The molecule has 1 aromatic rings. The van der Waals surface area contributed by atoms with E-state index in [2.05, 4.69) is 0 Å². The van der Waals surface area contributed by atoms with Crippen molar-refractivity contribution in [2.24, 2.45) is 0 Å². The highest BCUT2D eigenvalue weighted by atomic mass is 32.3. The Morgan fingerprint density at radius 3 is 1.95 bits per heavy atom. The van der Waals surface area contributed by atoms with E-state index in [9.17, 15) is 21.6 Å². The van der Waals surface area contributed by atoms with Crippen molar-refractivity contribution in [1.29, 1.82) is 0 Å². The highest BCUT2D eigenvalue weighted by molar-refractivity contribution is 8.03. The fourth-order valence-corrected chi connectivity index (χ4v) is 4.15. The van der Waals surface area contributed by atoms with E-state index in [0.29, 0.717) is 6.26 Å². The summed E-state index contributed by atoms with van der Waals surface area (Å²) in [4.78, 5) is 10.7. The highest BCUT2D eigenvalue weighted by Crippen LogP contribution is 2.17. The predicted octanol–water partition coefficient (Wildman–Crippen LogP) is -0.00358. The largest absolute Gasteiger partial charge is 0.274 e.